The summed E-state index contributed by atoms with van der Waals surface area (Å²) in [6, 6.07) is -0.301. The van der Waals surface area contributed by atoms with Crippen molar-refractivity contribution in [1.29, 1.82) is 0 Å². The largest absolute Gasteiger partial charge is 0.465 e. The highest BCUT2D eigenvalue weighted by atomic mass is 35.5. The molecule has 1 rings (SSSR count). The summed E-state index contributed by atoms with van der Waals surface area (Å²) in [7, 11) is 0. The van der Waals surface area contributed by atoms with E-state index in [1.54, 1.807) is 0 Å². The average molecular weight is 220 g/mol. The number of halogens is 1. The Morgan fingerprint density at radius 3 is 2.21 bits per heavy atom. The van der Waals surface area contributed by atoms with E-state index in [9.17, 15) is 9.59 Å². The van der Waals surface area contributed by atoms with E-state index in [0.29, 0.717) is 0 Å². The number of hydrogen-bond acceptors (Lipinski definition) is 2. The molecule has 5 heteroatoms. The third kappa shape index (κ3) is 1.85. The van der Waals surface area contributed by atoms with Crippen molar-refractivity contribution in [2.24, 2.45) is 11.3 Å². The minimum atomic E-state index is -0.987. The van der Waals surface area contributed by atoms with Gasteiger partial charge in [-0.2, -0.15) is 0 Å². The van der Waals surface area contributed by atoms with Crippen molar-refractivity contribution in [1.82, 2.24) is 4.90 Å². The minimum absolute atomic E-state index is 0.222. The number of likely N-dealkylation sites (tertiary alicyclic amines) is 1. The molecule has 0 radical (unpaired) electrons. The molecule has 1 saturated heterocycles. The van der Waals surface area contributed by atoms with Gasteiger partial charge in [-0.25, -0.2) is 4.79 Å². The van der Waals surface area contributed by atoms with Crippen LogP contribution >= 0.6 is 11.6 Å². The Bertz CT molecular complexity index is 252. The van der Waals surface area contributed by atoms with E-state index in [-0.39, 0.29) is 23.9 Å². The van der Waals surface area contributed by atoms with E-state index in [4.69, 9.17) is 16.7 Å². The summed E-state index contributed by atoms with van der Waals surface area (Å²) in [6.07, 6.45) is -0.987. The minimum Gasteiger partial charge on any atom is -0.465 e. The summed E-state index contributed by atoms with van der Waals surface area (Å²) < 4.78 is 0. The Labute approximate surface area is 87.8 Å². The highest BCUT2D eigenvalue weighted by molar-refractivity contribution is 6.64. The van der Waals surface area contributed by atoms with Crippen LogP contribution in [0.1, 0.15) is 20.8 Å². The zero-order chi connectivity index (χ0) is 11.1. The summed E-state index contributed by atoms with van der Waals surface area (Å²) in [4.78, 5) is 23.0. The van der Waals surface area contributed by atoms with Gasteiger partial charge in [0, 0.05) is 6.54 Å². The van der Waals surface area contributed by atoms with Gasteiger partial charge in [0.25, 0.3) is 0 Å². The van der Waals surface area contributed by atoms with Crippen molar-refractivity contribution in [3.63, 3.8) is 0 Å². The molecule has 14 heavy (non-hydrogen) atoms. The molecule has 1 aliphatic heterocycles. The number of carbonyl (C=O) groups excluding carboxylic acids is 1. The molecule has 4 nitrogen and oxygen atoms in total. The first-order valence-electron chi connectivity index (χ1n) is 4.44. The number of carboxylic acid groups (broad SMARTS) is 1. The Kier molecular flexibility index (Phi) is 2.76. The molecule has 0 saturated carbocycles. The Balaban J connectivity index is 2.82. The van der Waals surface area contributed by atoms with E-state index >= 15 is 0 Å². The van der Waals surface area contributed by atoms with Crippen molar-refractivity contribution >= 4 is 22.9 Å². The topological polar surface area (TPSA) is 57.6 Å². The monoisotopic (exact) mass is 219 g/mol. The van der Waals surface area contributed by atoms with E-state index < -0.39 is 11.3 Å². The van der Waals surface area contributed by atoms with E-state index in [1.165, 1.54) is 4.90 Å². The third-order valence-electron chi connectivity index (χ3n) is 2.53. The second-order valence-electron chi connectivity index (χ2n) is 4.66. The van der Waals surface area contributed by atoms with Crippen LogP contribution in [0.2, 0.25) is 0 Å². The molecule has 0 bridgehead atoms. The fourth-order valence-electron chi connectivity index (χ4n) is 1.97. The lowest BCUT2D eigenvalue weighted by atomic mass is 9.73. The molecule has 80 valence electrons. The first-order chi connectivity index (χ1) is 6.25. The van der Waals surface area contributed by atoms with Gasteiger partial charge >= 0.3 is 6.09 Å². The van der Waals surface area contributed by atoms with E-state index in [0.717, 1.165) is 0 Å². The lowest BCUT2D eigenvalue weighted by molar-refractivity contribution is -0.127. The maximum atomic E-state index is 11.0. The summed E-state index contributed by atoms with van der Waals surface area (Å²) in [5.74, 6) is -0.354. The van der Waals surface area contributed by atoms with Crippen molar-refractivity contribution in [3.05, 3.63) is 0 Å². The van der Waals surface area contributed by atoms with Crippen molar-refractivity contribution in [2.75, 3.05) is 6.54 Å². The Morgan fingerprint density at radius 2 is 1.93 bits per heavy atom. The van der Waals surface area contributed by atoms with Crippen LogP contribution in [0.15, 0.2) is 0 Å². The first kappa shape index (κ1) is 11.3. The van der Waals surface area contributed by atoms with Gasteiger partial charge in [-0.3, -0.25) is 4.79 Å². The molecular weight excluding hydrogens is 206 g/mol. The van der Waals surface area contributed by atoms with Crippen LogP contribution in [0, 0.1) is 11.3 Å². The van der Waals surface area contributed by atoms with Gasteiger partial charge in [0.1, 0.15) is 0 Å². The fraction of sp³-hybridized carbons (Fsp3) is 0.778. The SMILES string of the molecule is CC(C)(C)C1C(C(=O)Cl)CN1C(=O)O. The average Bonchev–Trinajstić information content (AvgIpc) is 1.76. The van der Waals surface area contributed by atoms with Crippen LogP contribution in [0.5, 0.6) is 0 Å². The van der Waals surface area contributed by atoms with Gasteiger partial charge in [0.15, 0.2) is 0 Å². The van der Waals surface area contributed by atoms with Gasteiger partial charge < -0.3 is 10.0 Å². The van der Waals surface area contributed by atoms with E-state index in [2.05, 4.69) is 0 Å². The van der Waals surface area contributed by atoms with Crippen LogP contribution < -0.4 is 0 Å². The summed E-state index contributed by atoms with van der Waals surface area (Å²) in [5, 5.41) is 8.40. The lowest BCUT2D eigenvalue weighted by Gasteiger charge is -2.51. The quantitative estimate of drug-likeness (QED) is 0.684. The molecule has 2 atom stereocenters. The second kappa shape index (κ2) is 3.42. The highest BCUT2D eigenvalue weighted by Crippen LogP contribution is 2.39. The van der Waals surface area contributed by atoms with Gasteiger partial charge in [0.05, 0.1) is 12.0 Å². The number of hydrogen-bond donors (Lipinski definition) is 1. The number of amides is 1. The third-order valence-corrected chi connectivity index (χ3v) is 2.82. The summed E-state index contributed by atoms with van der Waals surface area (Å²) in [6.45, 7) is 5.93. The van der Waals surface area contributed by atoms with Crippen LogP contribution in [-0.2, 0) is 4.79 Å². The predicted molar refractivity (Wildman–Crippen MR) is 52.3 cm³/mol. The van der Waals surface area contributed by atoms with Crippen LogP contribution in [0.4, 0.5) is 4.79 Å². The van der Waals surface area contributed by atoms with Crippen LogP contribution in [-0.4, -0.2) is 33.9 Å². The first-order valence-corrected chi connectivity index (χ1v) is 4.82. The molecule has 0 aromatic heterocycles. The zero-order valence-corrected chi connectivity index (χ0v) is 9.21. The molecule has 1 heterocycles. The molecular formula is C9H14ClNO3. The summed E-state index contributed by atoms with van der Waals surface area (Å²) in [5.41, 5.74) is -0.258. The molecule has 0 aliphatic carbocycles. The molecule has 1 fully saturated rings. The molecule has 0 aromatic rings. The van der Waals surface area contributed by atoms with Gasteiger partial charge in [-0.15, -0.1) is 0 Å². The normalized spacial score (nSPS) is 27.0. The molecule has 1 aliphatic rings. The Hall–Kier alpha value is -0.770. The molecule has 1 amide bonds. The van der Waals surface area contributed by atoms with Crippen molar-refractivity contribution < 1.29 is 14.7 Å². The van der Waals surface area contributed by atoms with E-state index in [1.807, 2.05) is 20.8 Å². The second-order valence-corrected chi connectivity index (χ2v) is 5.03. The number of carbonyl (C=O) groups is 2. The zero-order valence-electron chi connectivity index (χ0n) is 8.45. The molecule has 2 unspecified atom stereocenters. The number of rotatable bonds is 1. The molecule has 1 N–H and O–H groups in total. The maximum absolute atomic E-state index is 11.0. The van der Waals surface area contributed by atoms with Gasteiger partial charge in [0.2, 0.25) is 5.24 Å². The predicted octanol–water partition coefficient (Wildman–Crippen LogP) is 1.78. The van der Waals surface area contributed by atoms with Crippen LogP contribution in [0.25, 0.3) is 0 Å². The van der Waals surface area contributed by atoms with Gasteiger partial charge in [-0.05, 0) is 17.0 Å². The lowest BCUT2D eigenvalue weighted by Crippen LogP contribution is -2.65. The molecule has 0 spiro atoms. The number of nitrogens with zero attached hydrogens (tertiary/aromatic N) is 1. The fourth-order valence-corrected chi connectivity index (χ4v) is 2.16. The van der Waals surface area contributed by atoms with Crippen molar-refractivity contribution in [3.8, 4) is 0 Å². The summed E-state index contributed by atoms with van der Waals surface area (Å²) >= 11 is 5.39. The molecule has 0 aromatic carbocycles. The smallest absolute Gasteiger partial charge is 0.407 e. The standard InChI is InChI=1S/C9H14ClNO3/c1-9(2,3)6-5(7(10)12)4-11(6)8(13)14/h5-6H,4H2,1-3H3,(H,13,14). The Morgan fingerprint density at radius 1 is 1.43 bits per heavy atom. The highest BCUT2D eigenvalue weighted by Gasteiger charge is 2.51. The maximum Gasteiger partial charge on any atom is 0.407 e. The van der Waals surface area contributed by atoms with Crippen LogP contribution in [0.3, 0.4) is 0 Å². The van der Waals surface area contributed by atoms with Gasteiger partial charge in [-0.1, -0.05) is 20.8 Å². The van der Waals surface area contributed by atoms with Crippen molar-refractivity contribution in [2.45, 2.75) is 26.8 Å².